The van der Waals surface area contributed by atoms with E-state index in [1.807, 2.05) is 12.2 Å². The zero-order valence-corrected chi connectivity index (χ0v) is 16.5. The molecule has 1 aliphatic carbocycles. The van der Waals surface area contributed by atoms with E-state index >= 15 is 0 Å². The van der Waals surface area contributed by atoms with Crippen molar-refractivity contribution in [1.82, 2.24) is 15.5 Å². The lowest BCUT2D eigenvalue weighted by molar-refractivity contribution is -0.131. The quantitative estimate of drug-likeness (QED) is 0.370. The monoisotopic (exact) mass is 395 g/mol. The average molecular weight is 396 g/mol. The van der Waals surface area contributed by atoms with Gasteiger partial charge in [-0.15, -0.1) is 0 Å². The van der Waals surface area contributed by atoms with Crippen molar-refractivity contribution in [3.63, 3.8) is 0 Å². The standard InChI is InChI=1S/C20H33N3O5/c24-14-18-17(22-20(26)15-3-1-4-15)6-5-16(28-18)13-19(25)21-7-2-8-23-9-11-27-12-10-23/h5-6,15-18,24H,1-4,7-14H2,(H,21,25)(H,22,26)/t16-,17+,18-/m1/s1. The molecule has 158 valence electrons. The lowest BCUT2D eigenvalue weighted by Crippen LogP contribution is -2.51. The molecule has 3 aliphatic rings. The molecule has 0 unspecified atom stereocenters. The number of ether oxygens (including phenoxy) is 2. The molecule has 8 heteroatoms. The number of hydrogen-bond donors (Lipinski definition) is 3. The summed E-state index contributed by atoms with van der Waals surface area (Å²) < 4.78 is 11.1. The van der Waals surface area contributed by atoms with E-state index < -0.39 is 6.10 Å². The van der Waals surface area contributed by atoms with Crippen LogP contribution in [-0.2, 0) is 19.1 Å². The Morgan fingerprint density at radius 3 is 2.64 bits per heavy atom. The minimum absolute atomic E-state index is 0.0272. The summed E-state index contributed by atoms with van der Waals surface area (Å²) in [6, 6.07) is -0.342. The van der Waals surface area contributed by atoms with Crippen LogP contribution < -0.4 is 10.6 Å². The van der Waals surface area contributed by atoms with Gasteiger partial charge in [0, 0.05) is 25.6 Å². The van der Waals surface area contributed by atoms with Crippen molar-refractivity contribution in [1.29, 1.82) is 0 Å². The van der Waals surface area contributed by atoms with Crippen LogP contribution in [0.25, 0.3) is 0 Å². The van der Waals surface area contributed by atoms with Crippen molar-refractivity contribution in [2.45, 2.75) is 50.4 Å². The fourth-order valence-corrected chi connectivity index (χ4v) is 3.70. The van der Waals surface area contributed by atoms with Crippen molar-refractivity contribution in [2.24, 2.45) is 5.92 Å². The molecule has 3 rings (SSSR count). The number of aliphatic hydroxyl groups excluding tert-OH is 1. The van der Waals surface area contributed by atoms with E-state index in [-0.39, 0.29) is 42.9 Å². The van der Waals surface area contributed by atoms with Crippen LogP contribution in [0.1, 0.15) is 32.1 Å². The molecular formula is C20H33N3O5. The molecule has 8 nitrogen and oxygen atoms in total. The molecule has 2 fully saturated rings. The van der Waals surface area contributed by atoms with Gasteiger partial charge < -0.3 is 25.2 Å². The van der Waals surface area contributed by atoms with Crippen LogP contribution in [0.5, 0.6) is 0 Å². The first kappa shape index (κ1) is 21.2. The number of carbonyl (C=O) groups excluding carboxylic acids is 2. The van der Waals surface area contributed by atoms with Crippen LogP contribution >= 0.6 is 0 Å². The topological polar surface area (TPSA) is 100 Å². The highest BCUT2D eigenvalue weighted by atomic mass is 16.5. The first-order valence-electron chi connectivity index (χ1n) is 10.5. The zero-order valence-electron chi connectivity index (χ0n) is 16.5. The number of hydrogen-bond acceptors (Lipinski definition) is 6. The van der Waals surface area contributed by atoms with Gasteiger partial charge >= 0.3 is 0 Å². The van der Waals surface area contributed by atoms with Gasteiger partial charge in [0.15, 0.2) is 0 Å². The van der Waals surface area contributed by atoms with E-state index in [4.69, 9.17) is 9.47 Å². The first-order chi connectivity index (χ1) is 13.7. The third kappa shape index (κ3) is 6.27. The summed E-state index contributed by atoms with van der Waals surface area (Å²) in [5.41, 5.74) is 0. The number of aliphatic hydroxyl groups is 1. The predicted octanol–water partition coefficient (Wildman–Crippen LogP) is -0.184. The summed E-state index contributed by atoms with van der Waals surface area (Å²) >= 11 is 0. The number of carbonyl (C=O) groups is 2. The van der Waals surface area contributed by atoms with E-state index in [0.717, 1.165) is 58.5 Å². The summed E-state index contributed by atoms with van der Waals surface area (Å²) in [4.78, 5) is 26.6. The van der Waals surface area contributed by atoms with Crippen molar-refractivity contribution in [3.05, 3.63) is 12.2 Å². The number of rotatable bonds is 9. The van der Waals surface area contributed by atoms with E-state index in [0.29, 0.717) is 6.54 Å². The van der Waals surface area contributed by atoms with Crippen LogP contribution in [-0.4, -0.2) is 86.1 Å². The third-order valence-electron chi connectivity index (χ3n) is 5.71. The largest absolute Gasteiger partial charge is 0.394 e. The minimum atomic E-state index is -0.520. The highest BCUT2D eigenvalue weighted by Crippen LogP contribution is 2.27. The van der Waals surface area contributed by atoms with Gasteiger partial charge in [0.25, 0.3) is 0 Å². The second-order valence-electron chi connectivity index (χ2n) is 7.80. The maximum absolute atomic E-state index is 12.2. The molecule has 3 atom stereocenters. The fraction of sp³-hybridized carbons (Fsp3) is 0.800. The summed E-state index contributed by atoms with van der Waals surface area (Å²) in [6.07, 6.45) is 6.84. The molecule has 1 saturated heterocycles. The number of morpholine rings is 1. The van der Waals surface area contributed by atoms with Gasteiger partial charge in [0.2, 0.25) is 11.8 Å². The maximum Gasteiger partial charge on any atom is 0.223 e. The van der Waals surface area contributed by atoms with Gasteiger partial charge in [-0.25, -0.2) is 0 Å². The van der Waals surface area contributed by atoms with Gasteiger partial charge in [-0.05, 0) is 25.8 Å². The van der Waals surface area contributed by atoms with Gasteiger partial charge in [-0.2, -0.15) is 0 Å². The molecule has 0 bridgehead atoms. The Bertz CT molecular complexity index is 546. The van der Waals surface area contributed by atoms with E-state index in [1.54, 1.807) is 0 Å². The average Bonchev–Trinajstić information content (AvgIpc) is 2.66. The Hall–Kier alpha value is -1.48. The van der Waals surface area contributed by atoms with Gasteiger partial charge in [0.1, 0.15) is 6.10 Å². The van der Waals surface area contributed by atoms with Crippen LogP contribution in [0.3, 0.4) is 0 Å². The second-order valence-corrected chi connectivity index (χ2v) is 7.80. The predicted molar refractivity (Wildman–Crippen MR) is 104 cm³/mol. The van der Waals surface area contributed by atoms with Crippen LogP contribution in [0.15, 0.2) is 12.2 Å². The molecule has 2 aliphatic heterocycles. The Morgan fingerprint density at radius 1 is 1.18 bits per heavy atom. The van der Waals surface area contributed by atoms with Gasteiger partial charge in [-0.1, -0.05) is 18.6 Å². The van der Waals surface area contributed by atoms with E-state index in [9.17, 15) is 14.7 Å². The van der Waals surface area contributed by atoms with Crippen molar-refractivity contribution in [2.75, 3.05) is 46.0 Å². The highest BCUT2D eigenvalue weighted by molar-refractivity contribution is 5.80. The Labute approximate surface area is 166 Å². The highest BCUT2D eigenvalue weighted by Gasteiger charge is 2.32. The smallest absolute Gasteiger partial charge is 0.223 e. The second kappa shape index (κ2) is 10.9. The molecule has 0 aromatic rings. The molecule has 0 spiro atoms. The number of amides is 2. The van der Waals surface area contributed by atoms with Crippen LogP contribution in [0, 0.1) is 5.92 Å². The summed E-state index contributed by atoms with van der Waals surface area (Å²) in [5, 5.41) is 15.5. The Morgan fingerprint density at radius 2 is 1.96 bits per heavy atom. The summed E-state index contributed by atoms with van der Waals surface area (Å²) in [5.74, 6) is 0.0541. The lowest BCUT2D eigenvalue weighted by Gasteiger charge is -2.33. The fourth-order valence-electron chi connectivity index (χ4n) is 3.70. The van der Waals surface area contributed by atoms with Gasteiger partial charge in [-0.3, -0.25) is 14.5 Å². The maximum atomic E-state index is 12.2. The first-order valence-corrected chi connectivity index (χ1v) is 10.5. The molecule has 1 saturated carbocycles. The number of nitrogens with zero attached hydrogens (tertiary/aromatic N) is 1. The molecule has 0 aromatic carbocycles. The van der Waals surface area contributed by atoms with Crippen LogP contribution in [0.4, 0.5) is 0 Å². The minimum Gasteiger partial charge on any atom is -0.394 e. The lowest BCUT2D eigenvalue weighted by atomic mass is 9.84. The van der Waals surface area contributed by atoms with Crippen LogP contribution in [0.2, 0.25) is 0 Å². The van der Waals surface area contributed by atoms with Crippen molar-refractivity contribution in [3.8, 4) is 0 Å². The normalized spacial score (nSPS) is 28.5. The third-order valence-corrected chi connectivity index (χ3v) is 5.71. The summed E-state index contributed by atoms with van der Waals surface area (Å²) in [6.45, 7) is 4.87. The molecule has 0 aromatic heterocycles. The Balaban J connectivity index is 1.35. The number of nitrogens with one attached hydrogen (secondary N) is 2. The Kier molecular flexibility index (Phi) is 8.27. The molecule has 28 heavy (non-hydrogen) atoms. The molecular weight excluding hydrogens is 362 g/mol. The molecule has 3 N–H and O–H groups in total. The summed E-state index contributed by atoms with van der Waals surface area (Å²) in [7, 11) is 0. The molecule has 2 heterocycles. The zero-order chi connectivity index (χ0) is 19.8. The van der Waals surface area contributed by atoms with Crippen molar-refractivity contribution < 1.29 is 24.2 Å². The van der Waals surface area contributed by atoms with E-state index in [2.05, 4.69) is 15.5 Å². The van der Waals surface area contributed by atoms with Crippen molar-refractivity contribution >= 4 is 11.8 Å². The molecule has 2 amide bonds. The SMILES string of the molecule is O=C(C[C@H]1C=C[C@H](NC(=O)C2CCC2)[C@@H](CO)O1)NCCCN1CCOCC1. The van der Waals surface area contributed by atoms with E-state index in [1.165, 1.54) is 0 Å². The molecule has 0 radical (unpaired) electrons. The van der Waals surface area contributed by atoms with Gasteiger partial charge in [0.05, 0.1) is 38.4 Å².